The third-order valence-corrected chi connectivity index (χ3v) is 4.79. The molecule has 4 heteroatoms. The van der Waals surface area contributed by atoms with Gasteiger partial charge in [0.1, 0.15) is 0 Å². The van der Waals surface area contributed by atoms with Crippen LogP contribution in [0.1, 0.15) is 54.6 Å². The maximum absolute atomic E-state index is 10.8. The molecule has 20 heavy (non-hydrogen) atoms. The zero-order valence-corrected chi connectivity index (χ0v) is 11.8. The number of pyridine rings is 1. The Bertz CT molecular complexity index is 466. The summed E-state index contributed by atoms with van der Waals surface area (Å²) in [4.78, 5) is 17.7. The highest BCUT2D eigenvalue weighted by Crippen LogP contribution is 2.35. The molecule has 0 radical (unpaired) electrons. The quantitative estimate of drug-likeness (QED) is 0.917. The van der Waals surface area contributed by atoms with Gasteiger partial charge in [-0.2, -0.15) is 0 Å². The van der Waals surface area contributed by atoms with Gasteiger partial charge in [0.25, 0.3) is 0 Å². The summed E-state index contributed by atoms with van der Waals surface area (Å²) in [7, 11) is 0. The normalized spacial score (nSPS) is 24.3. The lowest BCUT2D eigenvalue weighted by Crippen LogP contribution is -2.34. The number of carboxylic acids is 1. The molecule has 1 aromatic heterocycles. The van der Waals surface area contributed by atoms with Crippen LogP contribution < -0.4 is 0 Å². The average molecular weight is 274 g/mol. The monoisotopic (exact) mass is 274 g/mol. The number of aromatic carboxylic acids is 1. The summed E-state index contributed by atoms with van der Waals surface area (Å²) in [6.07, 6.45) is 9.62. The van der Waals surface area contributed by atoms with E-state index in [4.69, 9.17) is 5.11 Å². The van der Waals surface area contributed by atoms with Crippen LogP contribution in [0, 0.1) is 5.92 Å². The first-order valence-electron chi connectivity index (χ1n) is 7.66. The number of nitrogens with zero attached hydrogens (tertiary/aromatic N) is 2. The molecule has 1 unspecified atom stereocenters. The van der Waals surface area contributed by atoms with Crippen molar-refractivity contribution < 1.29 is 9.90 Å². The van der Waals surface area contributed by atoms with E-state index in [0.29, 0.717) is 0 Å². The Kier molecular flexibility index (Phi) is 4.01. The van der Waals surface area contributed by atoms with Crippen LogP contribution in [-0.4, -0.2) is 33.5 Å². The predicted molar refractivity (Wildman–Crippen MR) is 76.6 cm³/mol. The van der Waals surface area contributed by atoms with Crippen LogP contribution >= 0.6 is 0 Å². The molecule has 3 rings (SSSR count). The van der Waals surface area contributed by atoms with Gasteiger partial charge in [-0.05, 0) is 50.3 Å². The zero-order valence-electron chi connectivity index (χ0n) is 11.8. The fourth-order valence-corrected chi connectivity index (χ4v) is 3.78. The molecule has 2 fully saturated rings. The van der Waals surface area contributed by atoms with Crippen LogP contribution in [0.4, 0.5) is 0 Å². The van der Waals surface area contributed by atoms with Gasteiger partial charge < -0.3 is 5.11 Å². The summed E-state index contributed by atoms with van der Waals surface area (Å²) in [5, 5.41) is 8.90. The van der Waals surface area contributed by atoms with E-state index in [0.717, 1.165) is 30.7 Å². The Morgan fingerprint density at radius 1 is 1.25 bits per heavy atom. The van der Waals surface area contributed by atoms with E-state index in [2.05, 4.69) is 9.88 Å². The standard InChI is InChI=1S/C16H22N2O2/c19-16(20)13-7-8-14(17-10-13)11-18-9-3-6-15(18)12-4-1-2-5-12/h7-8,10,12,15H,1-6,9,11H2,(H,19,20). The van der Waals surface area contributed by atoms with Gasteiger partial charge >= 0.3 is 5.97 Å². The third kappa shape index (κ3) is 2.85. The Balaban J connectivity index is 1.65. The molecular weight excluding hydrogens is 252 g/mol. The van der Waals surface area contributed by atoms with Crippen molar-refractivity contribution in [3.05, 3.63) is 29.6 Å². The number of carbonyl (C=O) groups is 1. The Hall–Kier alpha value is -1.42. The Morgan fingerprint density at radius 3 is 2.70 bits per heavy atom. The molecule has 1 aliphatic carbocycles. The van der Waals surface area contributed by atoms with Gasteiger partial charge in [0, 0.05) is 18.8 Å². The van der Waals surface area contributed by atoms with Crippen molar-refractivity contribution in [2.24, 2.45) is 5.92 Å². The SMILES string of the molecule is O=C(O)c1ccc(CN2CCCC2C2CCCC2)nc1. The Labute approximate surface area is 119 Å². The van der Waals surface area contributed by atoms with Crippen molar-refractivity contribution in [2.75, 3.05) is 6.54 Å². The van der Waals surface area contributed by atoms with E-state index in [9.17, 15) is 4.79 Å². The molecule has 2 aliphatic rings. The molecule has 4 nitrogen and oxygen atoms in total. The second-order valence-electron chi connectivity index (χ2n) is 6.07. The van der Waals surface area contributed by atoms with Gasteiger partial charge in [-0.1, -0.05) is 12.8 Å². The van der Waals surface area contributed by atoms with Gasteiger partial charge in [-0.3, -0.25) is 9.88 Å². The van der Waals surface area contributed by atoms with E-state index < -0.39 is 5.97 Å². The molecule has 1 N–H and O–H groups in total. The van der Waals surface area contributed by atoms with Crippen molar-refractivity contribution >= 4 is 5.97 Å². The summed E-state index contributed by atoms with van der Waals surface area (Å²) in [5.41, 5.74) is 1.25. The van der Waals surface area contributed by atoms with E-state index in [1.807, 2.05) is 6.07 Å². The fraction of sp³-hybridized carbons (Fsp3) is 0.625. The largest absolute Gasteiger partial charge is 0.478 e. The summed E-state index contributed by atoms with van der Waals surface area (Å²) < 4.78 is 0. The highest BCUT2D eigenvalue weighted by atomic mass is 16.4. The zero-order chi connectivity index (χ0) is 13.9. The average Bonchev–Trinajstić information content (AvgIpc) is 3.09. The molecular formula is C16H22N2O2. The van der Waals surface area contributed by atoms with E-state index in [1.165, 1.54) is 44.7 Å². The highest BCUT2D eigenvalue weighted by Gasteiger charge is 2.33. The molecule has 0 amide bonds. The van der Waals surface area contributed by atoms with Crippen molar-refractivity contribution in [3.8, 4) is 0 Å². The minimum absolute atomic E-state index is 0.266. The lowest BCUT2D eigenvalue weighted by atomic mass is 9.96. The molecule has 0 aromatic carbocycles. The maximum atomic E-state index is 10.8. The molecule has 1 saturated heterocycles. The first-order chi connectivity index (χ1) is 9.74. The maximum Gasteiger partial charge on any atom is 0.337 e. The topological polar surface area (TPSA) is 53.4 Å². The number of hydrogen-bond donors (Lipinski definition) is 1. The summed E-state index contributed by atoms with van der Waals surface area (Å²) in [6.45, 7) is 2.02. The fourth-order valence-electron chi connectivity index (χ4n) is 3.78. The van der Waals surface area contributed by atoms with Gasteiger partial charge in [0.05, 0.1) is 11.3 Å². The van der Waals surface area contributed by atoms with Crippen LogP contribution in [-0.2, 0) is 6.54 Å². The van der Waals surface area contributed by atoms with Crippen molar-refractivity contribution in [3.63, 3.8) is 0 Å². The lowest BCUT2D eigenvalue weighted by Gasteiger charge is -2.29. The van der Waals surface area contributed by atoms with Gasteiger partial charge in [-0.15, -0.1) is 0 Å². The number of rotatable bonds is 4. The van der Waals surface area contributed by atoms with E-state index in [1.54, 1.807) is 6.07 Å². The second-order valence-corrected chi connectivity index (χ2v) is 6.07. The third-order valence-electron chi connectivity index (χ3n) is 4.79. The number of hydrogen-bond acceptors (Lipinski definition) is 3. The molecule has 0 bridgehead atoms. The minimum Gasteiger partial charge on any atom is -0.478 e. The van der Waals surface area contributed by atoms with E-state index in [-0.39, 0.29) is 5.56 Å². The first-order valence-corrected chi connectivity index (χ1v) is 7.66. The lowest BCUT2D eigenvalue weighted by molar-refractivity contribution is 0.0696. The van der Waals surface area contributed by atoms with Crippen LogP contribution in [0.2, 0.25) is 0 Å². The predicted octanol–water partition coefficient (Wildman–Crippen LogP) is 2.93. The molecule has 1 atom stereocenters. The second kappa shape index (κ2) is 5.92. The molecule has 108 valence electrons. The Morgan fingerprint density at radius 2 is 2.05 bits per heavy atom. The molecule has 2 heterocycles. The smallest absolute Gasteiger partial charge is 0.337 e. The van der Waals surface area contributed by atoms with E-state index >= 15 is 0 Å². The molecule has 1 aliphatic heterocycles. The van der Waals surface area contributed by atoms with Crippen molar-refractivity contribution in [1.29, 1.82) is 0 Å². The van der Waals surface area contributed by atoms with Gasteiger partial charge in [0.2, 0.25) is 0 Å². The number of carboxylic acid groups (broad SMARTS) is 1. The number of aromatic nitrogens is 1. The first kappa shape index (κ1) is 13.6. The van der Waals surface area contributed by atoms with Crippen LogP contribution in [0.15, 0.2) is 18.3 Å². The number of likely N-dealkylation sites (tertiary alicyclic amines) is 1. The highest BCUT2D eigenvalue weighted by molar-refractivity contribution is 5.87. The summed E-state index contributed by atoms with van der Waals surface area (Å²) in [6, 6.07) is 4.23. The van der Waals surface area contributed by atoms with Gasteiger partial charge in [0.15, 0.2) is 0 Å². The van der Waals surface area contributed by atoms with Crippen LogP contribution in [0.3, 0.4) is 0 Å². The minimum atomic E-state index is -0.908. The van der Waals surface area contributed by atoms with Crippen molar-refractivity contribution in [2.45, 2.75) is 51.1 Å². The van der Waals surface area contributed by atoms with Crippen LogP contribution in [0.25, 0.3) is 0 Å². The van der Waals surface area contributed by atoms with Crippen LogP contribution in [0.5, 0.6) is 0 Å². The van der Waals surface area contributed by atoms with Crippen molar-refractivity contribution in [1.82, 2.24) is 9.88 Å². The molecule has 0 spiro atoms. The summed E-state index contributed by atoms with van der Waals surface area (Å²) in [5.74, 6) is -0.0372. The summed E-state index contributed by atoms with van der Waals surface area (Å²) >= 11 is 0. The van der Waals surface area contributed by atoms with Gasteiger partial charge in [-0.25, -0.2) is 4.79 Å². The molecule has 1 saturated carbocycles. The molecule has 1 aromatic rings.